The molecule has 0 saturated carbocycles. The van der Waals surface area contributed by atoms with Gasteiger partial charge in [0.25, 0.3) is 0 Å². The van der Waals surface area contributed by atoms with Gasteiger partial charge in [0.15, 0.2) is 0 Å². The van der Waals surface area contributed by atoms with Gasteiger partial charge in [0, 0.05) is 12.6 Å². The van der Waals surface area contributed by atoms with E-state index in [0.717, 1.165) is 22.4 Å². The molecule has 2 heteroatoms. The van der Waals surface area contributed by atoms with Crippen molar-refractivity contribution >= 4 is 21.8 Å². The molecule has 0 radical (unpaired) electrons. The number of fused-ring (bicyclic) bond motifs is 4. The lowest BCUT2D eigenvalue weighted by molar-refractivity contribution is 0.959. The van der Waals surface area contributed by atoms with Crippen LogP contribution in [0.2, 0.25) is 0 Å². The van der Waals surface area contributed by atoms with Crippen molar-refractivity contribution in [1.29, 1.82) is 0 Å². The van der Waals surface area contributed by atoms with Gasteiger partial charge in [-0.25, -0.2) is 4.98 Å². The molecule has 0 fully saturated rings. The number of nitrogens with zero attached hydrogens (tertiary/aromatic N) is 2. The maximum Gasteiger partial charge on any atom is 0.140 e. The second kappa shape index (κ2) is 8.03. The number of aromatic nitrogens is 2. The minimum absolute atomic E-state index is 0.988. The standard InChI is InChI=1S/C36H24N2/c1-38-34-21-18-26(22-33(34)37-36(38)25-8-3-2-4-9-25)23-14-16-24(17-15-23)27-19-20-32-29-11-6-5-10-28(29)31-13-7-12-30(27)35(31)32/h2-22H,1H3. The molecule has 178 valence electrons. The number of aryl methyl sites for hydroxylation is 1. The average Bonchev–Trinajstić information content (AvgIpc) is 3.49. The maximum absolute atomic E-state index is 4.97. The van der Waals surface area contributed by atoms with Crippen molar-refractivity contribution < 1.29 is 0 Å². The summed E-state index contributed by atoms with van der Waals surface area (Å²) in [6.07, 6.45) is 0. The van der Waals surface area contributed by atoms with Gasteiger partial charge in [0.2, 0.25) is 0 Å². The van der Waals surface area contributed by atoms with Gasteiger partial charge in [0.05, 0.1) is 11.0 Å². The van der Waals surface area contributed by atoms with Crippen LogP contribution in [0, 0.1) is 0 Å². The molecule has 1 aromatic heterocycles. The molecule has 0 N–H and O–H groups in total. The lowest BCUT2D eigenvalue weighted by Gasteiger charge is -2.11. The largest absolute Gasteiger partial charge is 0.327 e. The summed E-state index contributed by atoms with van der Waals surface area (Å²) in [5.41, 5.74) is 13.5. The van der Waals surface area contributed by atoms with Gasteiger partial charge in [-0.3, -0.25) is 0 Å². The Kier molecular flexibility index (Phi) is 4.47. The van der Waals surface area contributed by atoms with Crippen LogP contribution in [-0.4, -0.2) is 9.55 Å². The third-order valence-electron chi connectivity index (χ3n) is 7.99. The van der Waals surface area contributed by atoms with E-state index in [1.165, 1.54) is 55.3 Å². The first-order chi connectivity index (χ1) is 18.8. The van der Waals surface area contributed by atoms with E-state index >= 15 is 0 Å². The predicted molar refractivity (Wildman–Crippen MR) is 159 cm³/mol. The van der Waals surface area contributed by atoms with Crippen molar-refractivity contribution in [2.75, 3.05) is 0 Å². The summed E-state index contributed by atoms with van der Waals surface area (Å²) in [5, 5.41) is 2.68. The zero-order valence-electron chi connectivity index (χ0n) is 21.0. The summed E-state index contributed by atoms with van der Waals surface area (Å²) >= 11 is 0. The monoisotopic (exact) mass is 484 g/mol. The summed E-state index contributed by atoms with van der Waals surface area (Å²) in [5.74, 6) is 0.988. The molecule has 1 aliphatic carbocycles. The maximum atomic E-state index is 4.97. The van der Waals surface area contributed by atoms with Crippen LogP contribution in [0.15, 0.2) is 127 Å². The predicted octanol–water partition coefficient (Wildman–Crippen LogP) is 9.37. The van der Waals surface area contributed by atoms with Gasteiger partial charge < -0.3 is 4.57 Å². The Morgan fingerprint density at radius 2 is 1.11 bits per heavy atom. The van der Waals surface area contributed by atoms with Crippen LogP contribution in [0.1, 0.15) is 0 Å². The topological polar surface area (TPSA) is 17.8 Å². The lowest BCUT2D eigenvalue weighted by Crippen LogP contribution is -1.91. The van der Waals surface area contributed by atoms with Crippen LogP contribution in [0.5, 0.6) is 0 Å². The number of imidazole rings is 1. The van der Waals surface area contributed by atoms with Crippen LogP contribution < -0.4 is 0 Å². The van der Waals surface area contributed by atoms with Crippen molar-refractivity contribution in [3.63, 3.8) is 0 Å². The second-order valence-corrected chi connectivity index (χ2v) is 10.1. The summed E-state index contributed by atoms with van der Waals surface area (Å²) in [4.78, 5) is 4.97. The molecular weight excluding hydrogens is 460 g/mol. The second-order valence-electron chi connectivity index (χ2n) is 10.1. The Morgan fingerprint density at radius 3 is 1.89 bits per heavy atom. The minimum atomic E-state index is 0.988. The zero-order chi connectivity index (χ0) is 25.2. The van der Waals surface area contributed by atoms with Crippen LogP contribution >= 0.6 is 0 Å². The molecule has 0 amide bonds. The minimum Gasteiger partial charge on any atom is -0.327 e. The number of hydrogen-bond donors (Lipinski definition) is 0. The highest BCUT2D eigenvalue weighted by molar-refractivity contribution is 6.18. The van der Waals surface area contributed by atoms with Crippen LogP contribution in [0.25, 0.3) is 77.7 Å². The molecule has 1 aliphatic rings. The smallest absolute Gasteiger partial charge is 0.140 e. The van der Waals surface area contributed by atoms with Crippen molar-refractivity contribution in [2.45, 2.75) is 0 Å². The number of benzene rings is 6. The van der Waals surface area contributed by atoms with Crippen LogP contribution in [0.4, 0.5) is 0 Å². The average molecular weight is 485 g/mol. The normalized spacial score (nSPS) is 11.8. The fourth-order valence-corrected chi connectivity index (χ4v) is 6.13. The molecular formula is C36H24N2. The lowest BCUT2D eigenvalue weighted by atomic mass is 9.93. The van der Waals surface area contributed by atoms with Crippen molar-refractivity contribution in [1.82, 2.24) is 9.55 Å². The third kappa shape index (κ3) is 3.04. The van der Waals surface area contributed by atoms with Gasteiger partial charge in [-0.1, -0.05) is 115 Å². The SMILES string of the molecule is Cn1c(-c2ccccc2)nc2cc(-c3ccc(-c4ccc5c6c(cccc46)-c4ccccc4-5)cc3)ccc21. The fourth-order valence-electron chi connectivity index (χ4n) is 6.13. The summed E-state index contributed by atoms with van der Waals surface area (Å²) in [7, 11) is 2.09. The Balaban J connectivity index is 1.19. The molecule has 0 aliphatic heterocycles. The van der Waals surface area contributed by atoms with Gasteiger partial charge >= 0.3 is 0 Å². The van der Waals surface area contributed by atoms with E-state index in [9.17, 15) is 0 Å². The molecule has 6 aromatic carbocycles. The van der Waals surface area contributed by atoms with Gasteiger partial charge in [-0.05, 0) is 67.4 Å². The highest BCUT2D eigenvalue weighted by atomic mass is 15.1. The molecule has 2 nitrogen and oxygen atoms in total. The van der Waals surface area contributed by atoms with E-state index in [0.29, 0.717) is 0 Å². The highest BCUT2D eigenvalue weighted by Crippen LogP contribution is 2.49. The van der Waals surface area contributed by atoms with E-state index in [1.807, 2.05) is 6.07 Å². The van der Waals surface area contributed by atoms with Crippen molar-refractivity contribution in [3.8, 4) is 55.9 Å². The van der Waals surface area contributed by atoms with E-state index in [1.54, 1.807) is 0 Å². The fraction of sp³-hybridized carbons (Fsp3) is 0.0278. The number of hydrogen-bond acceptors (Lipinski definition) is 1. The Hall–Kier alpha value is -4.95. The summed E-state index contributed by atoms with van der Waals surface area (Å²) in [6, 6.07) is 45.9. The van der Waals surface area contributed by atoms with Gasteiger partial charge in [0.1, 0.15) is 5.82 Å². The molecule has 7 aromatic rings. The first-order valence-corrected chi connectivity index (χ1v) is 13.0. The molecule has 0 saturated heterocycles. The Morgan fingerprint density at radius 1 is 0.474 bits per heavy atom. The van der Waals surface area contributed by atoms with Crippen LogP contribution in [-0.2, 0) is 7.05 Å². The van der Waals surface area contributed by atoms with Gasteiger partial charge in [-0.2, -0.15) is 0 Å². The molecule has 1 heterocycles. The number of rotatable bonds is 3. The van der Waals surface area contributed by atoms with Crippen molar-refractivity contribution in [2.24, 2.45) is 7.05 Å². The van der Waals surface area contributed by atoms with E-state index < -0.39 is 0 Å². The molecule has 0 unspecified atom stereocenters. The van der Waals surface area contributed by atoms with E-state index in [2.05, 4.69) is 133 Å². The van der Waals surface area contributed by atoms with Crippen molar-refractivity contribution in [3.05, 3.63) is 127 Å². The van der Waals surface area contributed by atoms with Crippen LogP contribution in [0.3, 0.4) is 0 Å². The molecule has 38 heavy (non-hydrogen) atoms. The molecule has 8 rings (SSSR count). The third-order valence-corrected chi connectivity index (χ3v) is 7.99. The quantitative estimate of drug-likeness (QED) is 0.244. The molecule has 0 bridgehead atoms. The first kappa shape index (κ1) is 21.2. The van der Waals surface area contributed by atoms with Gasteiger partial charge in [-0.15, -0.1) is 0 Å². The first-order valence-electron chi connectivity index (χ1n) is 13.0. The zero-order valence-corrected chi connectivity index (χ0v) is 21.0. The van der Waals surface area contributed by atoms with E-state index in [4.69, 9.17) is 4.98 Å². The Labute approximate surface area is 221 Å². The molecule has 0 spiro atoms. The molecule has 0 atom stereocenters. The Bertz CT molecular complexity index is 1980. The summed E-state index contributed by atoms with van der Waals surface area (Å²) < 4.78 is 2.17. The highest BCUT2D eigenvalue weighted by Gasteiger charge is 2.22. The summed E-state index contributed by atoms with van der Waals surface area (Å²) in [6.45, 7) is 0. The van der Waals surface area contributed by atoms with E-state index in [-0.39, 0.29) is 0 Å².